The highest BCUT2D eigenvalue weighted by molar-refractivity contribution is 5.93. The molecule has 1 aliphatic rings. The molecule has 0 unspecified atom stereocenters. The number of hydrogen-bond donors (Lipinski definition) is 0. The minimum absolute atomic E-state index is 0.0725. The largest absolute Gasteiger partial charge is 0.299 e. The van der Waals surface area contributed by atoms with E-state index in [9.17, 15) is 4.79 Å². The first-order chi connectivity index (χ1) is 9.19. The van der Waals surface area contributed by atoms with Crippen LogP contribution in [-0.2, 0) is 11.2 Å². The van der Waals surface area contributed by atoms with Crippen LogP contribution in [0.3, 0.4) is 0 Å². The van der Waals surface area contributed by atoms with Crippen LogP contribution in [0.2, 0.25) is 0 Å². The molecule has 0 aromatic heterocycles. The molecular formula is C18H20O. The van der Waals surface area contributed by atoms with E-state index in [-0.39, 0.29) is 5.41 Å². The van der Waals surface area contributed by atoms with E-state index < -0.39 is 0 Å². The Bertz CT molecular complexity index is 601. The Morgan fingerprint density at radius 1 is 1.05 bits per heavy atom. The second-order valence-electron chi connectivity index (χ2n) is 6.01. The van der Waals surface area contributed by atoms with Crippen LogP contribution >= 0.6 is 0 Å². The van der Waals surface area contributed by atoms with Gasteiger partial charge in [0.2, 0.25) is 0 Å². The maximum atomic E-state index is 12.6. The molecule has 1 aliphatic carbocycles. The van der Waals surface area contributed by atoms with E-state index in [4.69, 9.17) is 0 Å². The van der Waals surface area contributed by atoms with Gasteiger partial charge in [-0.2, -0.15) is 0 Å². The highest BCUT2D eigenvalue weighted by Gasteiger charge is 2.35. The molecule has 3 rings (SSSR count). The van der Waals surface area contributed by atoms with Gasteiger partial charge in [-0.1, -0.05) is 62.2 Å². The first-order valence-electron chi connectivity index (χ1n) is 7.19. The van der Waals surface area contributed by atoms with E-state index in [1.807, 2.05) is 12.1 Å². The first-order valence-corrected chi connectivity index (χ1v) is 7.19. The molecule has 0 saturated heterocycles. The van der Waals surface area contributed by atoms with Crippen molar-refractivity contribution in [1.29, 1.82) is 0 Å². The Morgan fingerprint density at radius 2 is 1.74 bits per heavy atom. The van der Waals surface area contributed by atoms with Crippen LogP contribution in [0, 0.1) is 5.41 Å². The summed E-state index contributed by atoms with van der Waals surface area (Å²) in [7, 11) is 0. The van der Waals surface area contributed by atoms with Gasteiger partial charge in [0.25, 0.3) is 0 Å². The predicted octanol–water partition coefficient (Wildman–Crippen LogP) is 4.53. The van der Waals surface area contributed by atoms with Gasteiger partial charge in [-0.25, -0.2) is 0 Å². The number of rotatable bonds is 3. The Kier molecular flexibility index (Phi) is 3.14. The van der Waals surface area contributed by atoms with Crippen molar-refractivity contribution in [3.8, 4) is 0 Å². The van der Waals surface area contributed by atoms with Crippen LogP contribution < -0.4 is 0 Å². The Hall–Kier alpha value is -1.63. The molecule has 0 spiro atoms. The molecule has 1 heteroatoms. The summed E-state index contributed by atoms with van der Waals surface area (Å²) in [5.41, 5.74) is 1.10. The summed E-state index contributed by atoms with van der Waals surface area (Å²) in [6, 6.07) is 14.6. The zero-order chi connectivity index (χ0) is 13.3. The second-order valence-corrected chi connectivity index (χ2v) is 6.01. The summed E-state index contributed by atoms with van der Waals surface area (Å²) in [5, 5.41) is 2.45. The van der Waals surface area contributed by atoms with Crippen LogP contribution in [0.25, 0.3) is 10.8 Å². The fourth-order valence-corrected chi connectivity index (χ4v) is 3.27. The molecule has 98 valence electrons. The number of Topliss-reactive ketones (excluding diaryl/α,β-unsaturated/α-hetero) is 1. The van der Waals surface area contributed by atoms with E-state index in [1.54, 1.807) is 0 Å². The van der Waals surface area contributed by atoms with Gasteiger partial charge >= 0.3 is 0 Å². The highest BCUT2D eigenvalue weighted by atomic mass is 16.1. The maximum Gasteiger partial charge on any atom is 0.143 e. The molecule has 0 bridgehead atoms. The predicted molar refractivity (Wildman–Crippen MR) is 79.2 cm³/mol. The summed E-state index contributed by atoms with van der Waals surface area (Å²) in [6.07, 6.45) is 5.13. The van der Waals surface area contributed by atoms with Crippen LogP contribution in [0.1, 0.15) is 38.2 Å². The van der Waals surface area contributed by atoms with Gasteiger partial charge in [-0.05, 0) is 29.2 Å². The SMILES string of the molecule is CC1(C(=O)Cc2cccc3ccccc23)CCCC1. The molecule has 0 radical (unpaired) electrons. The Balaban J connectivity index is 1.91. The third-order valence-electron chi connectivity index (χ3n) is 4.61. The van der Waals surface area contributed by atoms with E-state index >= 15 is 0 Å². The van der Waals surface area contributed by atoms with Crippen LogP contribution in [0.15, 0.2) is 42.5 Å². The van der Waals surface area contributed by atoms with Crippen molar-refractivity contribution in [3.05, 3.63) is 48.0 Å². The smallest absolute Gasteiger partial charge is 0.143 e. The Morgan fingerprint density at radius 3 is 2.53 bits per heavy atom. The first kappa shape index (κ1) is 12.4. The molecule has 0 atom stereocenters. The molecular weight excluding hydrogens is 232 g/mol. The van der Waals surface area contributed by atoms with Crippen molar-refractivity contribution in [3.63, 3.8) is 0 Å². The van der Waals surface area contributed by atoms with Crippen molar-refractivity contribution < 1.29 is 4.79 Å². The molecule has 0 aliphatic heterocycles. The number of hydrogen-bond acceptors (Lipinski definition) is 1. The minimum Gasteiger partial charge on any atom is -0.299 e. The quantitative estimate of drug-likeness (QED) is 0.784. The van der Waals surface area contributed by atoms with Crippen LogP contribution in [0.5, 0.6) is 0 Å². The third kappa shape index (κ3) is 2.30. The average molecular weight is 252 g/mol. The molecule has 1 saturated carbocycles. The number of fused-ring (bicyclic) bond motifs is 1. The molecule has 1 fully saturated rings. The van der Waals surface area contributed by atoms with Crippen molar-refractivity contribution in [2.75, 3.05) is 0 Å². The molecule has 0 N–H and O–H groups in total. The fourth-order valence-electron chi connectivity index (χ4n) is 3.27. The van der Waals surface area contributed by atoms with Gasteiger partial charge in [-0.3, -0.25) is 4.79 Å². The fraction of sp³-hybridized carbons (Fsp3) is 0.389. The number of carbonyl (C=O) groups is 1. The lowest BCUT2D eigenvalue weighted by atomic mass is 9.81. The zero-order valence-electron chi connectivity index (χ0n) is 11.5. The van der Waals surface area contributed by atoms with Crippen molar-refractivity contribution >= 4 is 16.6 Å². The van der Waals surface area contributed by atoms with Gasteiger partial charge in [0.15, 0.2) is 0 Å². The lowest BCUT2D eigenvalue weighted by Crippen LogP contribution is -2.26. The number of carbonyl (C=O) groups excluding carboxylic acids is 1. The van der Waals surface area contributed by atoms with Crippen molar-refractivity contribution in [1.82, 2.24) is 0 Å². The van der Waals surface area contributed by atoms with Gasteiger partial charge in [0, 0.05) is 11.8 Å². The van der Waals surface area contributed by atoms with Crippen molar-refractivity contribution in [2.24, 2.45) is 5.41 Å². The summed E-state index contributed by atoms with van der Waals surface area (Å²) in [6.45, 7) is 2.15. The van der Waals surface area contributed by atoms with E-state index in [0.29, 0.717) is 12.2 Å². The van der Waals surface area contributed by atoms with Crippen LogP contribution in [-0.4, -0.2) is 5.78 Å². The summed E-state index contributed by atoms with van der Waals surface area (Å²) < 4.78 is 0. The number of benzene rings is 2. The third-order valence-corrected chi connectivity index (χ3v) is 4.61. The summed E-state index contributed by atoms with van der Waals surface area (Å²) >= 11 is 0. The minimum atomic E-state index is -0.0725. The average Bonchev–Trinajstić information content (AvgIpc) is 2.87. The monoisotopic (exact) mass is 252 g/mol. The maximum absolute atomic E-state index is 12.6. The second kappa shape index (κ2) is 4.80. The Labute approximate surface area is 114 Å². The van der Waals surface area contributed by atoms with E-state index in [2.05, 4.69) is 37.3 Å². The summed E-state index contributed by atoms with van der Waals surface area (Å²) in [4.78, 5) is 12.6. The van der Waals surface area contributed by atoms with Crippen molar-refractivity contribution in [2.45, 2.75) is 39.0 Å². The molecule has 19 heavy (non-hydrogen) atoms. The summed E-state index contributed by atoms with van der Waals surface area (Å²) in [5.74, 6) is 0.418. The number of ketones is 1. The molecule has 2 aromatic rings. The van der Waals surface area contributed by atoms with E-state index in [1.165, 1.54) is 29.2 Å². The topological polar surface area (TPSA) is 17.1 Å². The van der Waals surface area contributed by atoms with Gasteiger partial charge in [-0.15, -0.1) is 0 Å². The molecule has 2 aromatic carbocycles. The highest BCUT2D eigenvalue weighted by Crippen LogP contribution is 2.39. The van der Waals surface area contributed by atoms with Gasteiger partial charge in [0.05, 0.1) is 0 Å². The van der Waals surface area contributed by atoms with Gasteiger partial charge in [0.1, 0.15) is 5.78 Å². The lowest BCUT2D eigenvalue weighted by molar-refractivity contribution is -0.126. The zero-order valence-corrected chi connectivity index (χ0v) is 11.5. The van der Waals surface area contributed by atoms with Crippen LogP contribution in [0.4, 0.5) is 0 Å². The lowest BCUT2D eigenvalue weighted by Gasteiger charge is -2.22. The molecule has 0 amide bonds. The molecule has 0 heterocycles. The standard InChI is InChI=1S/C18H20O/c1-18(11-4-5-12-18)17(19)13-15-9-6-8-14-7-2-3-10-16(14)15/h2-3,6-10H,4-5,11-13H2,1H3. The normalized spacial score (nSPS) is 17.7. The van der Waals surface area contributed by atoms with Gasteiger partial charge < -0.3 is 0 Å². The molecule has 1 nitrogen and oxygen atoms in total. The van der Waals surface area contributed by atoms with E-state index in [0.717, 1.165) is 12.8 Å².